The molecule has 3 rings (SSSR count). The molecule has 0 radical (unpaired) electrons. The fraction of sp³-hybridized carbons (Fsp3) is 0.286. The Labute approximate surface area is 121 Å². The Morgan fingerprint density at radius 3 is 3.00 bits per heavy atom. The number of nitrogens with one attached hydrogen (secondary N) is 1. The van der Waals surface area contributed by atoms with Gasteiger partial charge in [0, 0.05) is 30.1 Å². The average molecular weight is 287 g/mol. The normalized spacial score (nSPS) is 12.9. The number of benzene rings is 1. The predicted octanol–water partition coefficient (Wildman–Crippen LogP) is 1.88. The largest absolute Gasteiger partial charge is 0.329 e. The maximum absolute atomic E-state index is 5.68. The van der Waals surface area contributed by atoms with Crippen molar-refractivity contribution in [1.82, 2.24) is 20.0 Å². The van der Waals surface area contributed by atoms with E-state index in [1.807, 2.05) is 31.5 Å². The van der Waals surface area contributed by atoms with Gasteiger partial charge in [-0.1, -0.05) is 12.1 Å². The van der Waals surface area contributed by atoms with Crippen molar-refractivity contribution in [3.8, 4) is 0 Å². The zero-order valence-corrected chi connectivity index (χ0v) is 12.1. The number of aryl methyl sites for hydroxylation is 1. The van der Waals surface area contributed by atoms with Crippen LogP contribution in [0.3, 0.4) is 0 Å². The van der Waals surface area contributed by atoms with Crippen molar-refractivity contribution in [3.05, 3.63) is 46.7 Å². The lowest BCUT2D eigenvalue weighted by Gasteiger charge is -2.15. The van der Waals surface area contributed by atoms with Gasteiger partial charge in [0.05, 0.1) is 22.4 Å². The number of hydrogen-bond acceptors (Lipinski definition) is 5. The van der Waals surface area contributed by atoms with Crippen molar-refractivity contribution in [2.24, 2.45) is 5.84 Å². The third-order valence-electron chi connectivity index (χ3n) is 3.27. The van der Waals surface area contributed by atoms with Crippen LogP contribution in [0.5, 0.6) is 0 Å². The summed E-state index contributed by atoms with van der Waals surface area (Å²) in [5.74, 6) is 5.68. The van der Waals surface area contributed by atoms with Crippen molar-refractivity contribution >= 4 is 22.4 Å². The summed E-state index contributed by atoms with van der Waals surface area (Å²) >= 11 is 1.68. The molecule has 0 aliphatic heterocycles. The van der Waals surface area contributed by atoms with Gasteiger partial charge in [-0.05, 0) is 19.1 Å². The van der Waals surface area contributed by atoms with E-state index in [9.17, 15) is 0 Å². The number of hydrogen-bond donors (Lipinski definition) is 2. The quantitative estimate of drug-likeness (QED) is 0.555. The highest BCUT2D eigenvalue weighted by atomic mass is 32.1. The molecule has 2 aromatic heterocycles. The van der Waals surface area contributed by atoms with Crippen LogP contribution in [-0.2, 0) is 13.0 Å². The summed E-state index contributed by atoms with van der Waals surface area (Å²) in [4.78, 5) is 8.89. The molecule has 104 valence electrons. The monoisotopic (exact) mass is 287 g/mol. The van der Waals surface area contributed by atoms with Crippen LogP contribution in [0.2, 0.25) is 0 Å². The van der Waals surface area contributed by atoms with Gasteiger partial charge in [-0.2, -0.15) is 0 Å². The van der Waals surface area contributed by atoms with Crippen LogP contribution in [0, 0.1) is 6.92 Å². The lowest BCUT2D eigenvalue weighted by atomic mass is 10.2. The first-order valence-electron chi connectivity index (χ1n) is 6.53. The maximum Gasteiger partial charge on any atom is 0.0958 e. The predicted molar refractivity (Wildman–Crippen MR) is 81.4 cm³/mol. The van der Waals surface area contributed by atoms with Crippen LogP contribution in [0.25, 0.3) is 11.0 Å². The van der Waals surface area contributed by atoms with Gasteiger partial charge >= 0.3 is 0 Å². The number of aromatic nitrogens is 3. The molecule has 0 saturated carbocycles. The Morgan fingerprint density at radius 2 is 2.25 bits per heavy atom. The van der Waals surface area contributed by atoms with Gasteiger partial charge in [-0.3, -0.25) is 11.3 Å². The van der Waals surface area contributed by atoms with E-state index >= 15 is 0 Å². The SMILES string of the molecule is Cc1csc(CC(Cn2cnc3ccccc32)NN)n1. The van der Waals surface area contributed by atoms with Crippen LogP contribution in [-0.4, -0.2) is 20.6 Å². The van der Waals surface area contributed by atoms with Crippen LogP contribution < -0.4 is 11.3 Å². The minimum Gasteiger partial charge on any atom is -0.329 e. The smallest absolute Gasteiger partial charge is 0.0958 e. The van der Waals surface area contributed by atoms with Gasteiger partial charge < -0.3 is 4.57 Å². The van der Waals surface area contributed by atoms with E-state index in [0.29, 0.717) is 0 Å². The first-order valence-corrected chi connectivity index (χ1v) is 7.41. The Hall–Kier alpha value is -1.76. The summed E-state index contributed by atoms with van der Waals surface area (Å²) in [5, 5.41) is 3.17. The zero-order valence-electron chi connectivity index (χ0n) is 11.3. The van der Waals surface area contributed by atoms with Crippen LogP contribution in [0.15, 0.2) is 36.0 Å². The Kier molecular flexibility index (Phi) is 3.77. The van der Waals surface area contributed by atoms with Gasteiger partial charge in [0.25, 0.3) is 0 Å². The van der Waals surface area contributed by atoms with E-state index in [-0.39, 0.29) is 6.04 Å². The molecule has 1 atom stereocenters. The third kappa shape index (κ3) is 2.72. The molecule has 0 spiro atoms. The fourth-order valence-corrected chi connectivity index (χ4v) is 3.13. The van der Waals surface area contributed by atoms with E-state index in [0.717, 1.165) is 34.7 Å². The molecule has 0 saturated heterocycles. The van der Waals surface area contributed by atoms with Crippen molar-refractivity contribution in [2.75, 3.05) is 0 Å². The van der Waals surface area contributed by atoms with E-state index in [4.69, 9.17) is 5.84 Å². The number of fused-ring (bicyclic) bond motifs is 1. The third-order valence-corrected chi connectivity index (χ3v) is 4.26. The first-order chi connectivity index (χ1) is 9.76. The topological polar surface area (TPSA) is 68.8 Å². The molecule has 1 unspecified atom stereocenters. The highest BCUT2D eigenvalue weighted by molar-refractivity contribution is 7.09. The molecule has 0 aliphatic carbocycles. The van der Waals surface area contributed by atoms with Crippen LogP contribution >= 0.6 is 11.3 Å². The molecule has 20 heavy (non-hydrogen) atoms. The van der Waals surface area contributed by atoms with Crippen LogP contribution in [0.4, 0.5) is 0 Å². The number of nitrogens with two attached hydrogens (primary N) is 1. The fourth-order valence-electron chi connectivity index (χ4n) is 2.28. The molecule has 6 heteroatoms. The molecular formula is C14H17N5S. The molecule has 2 heterocycles. The Bertz CT molecular complexity index is 702. The molecule has 0 aliphatic rings. The van der Waals surface area contributed by atoms with Gasteiger partial charge in [0.2, 0.25) is 0 Å². The van der Waals surface area contributed by atoms with E-state index < -0.39 is 0 Å². The van der Waals surface area contributed by atoms with Crippen molar-refractivity contribution in [3.63, 3.8) is 0 Å². The number of para-hydroxylation sites is 2. The van der Waals surface area contributed by atoms with E-state index in [1.165, 1.54) is 0 Å². The van der Waals surface area contributed by atoms with Crippen LogP contribution in [0.1, 0.15) is 10.7 Å². The maximum atomic E-state index is 5.68. The summed E-state index contributed by atoms with van der Waals surface area (Å²) < 4.78 is 2.13. The molecule has 3 aromatic rings. The van der Waals surface area contributed by atoms with Gasteiger partial charge in [0.15, 0.2) is 0 Å². The molecule has 0 amide bonds. The van der Waals surface area contributed by atoms with E-state index in [2.05, 4.69) is 31.4 Å². The number of rotatable bonds is 5. The van der Waals surface area contributed by atoms with Crippen molar-refractivity contribution < 1.29 is 0 Å². The minimum atomic E-state index is 0.137. The highest BCUT2D eigenvalue weighted by Gasteiger charge is 2.12. The second-order valence-corrected chi connectivity index (χ2v) is 5.78. The summed E-state index contributed by atoms with van der Waals surface area (Å²) in [6.45, 7) is 2.78. The lowest BCUT2D eigenvalue weighted by molar-refractivity contribution is 0.460. The summed E-state index contributed by atoms with van der Waals surface area (Å²) in [7, 11) is 0. The number of imidazole rings is 1. The van der Waals surface area contributed by atoms with Gasteiger partial charge in [-0.15, -0.1) is 11.3 Å². The molecule has 0 bridgehead atoms. The molecule has 1 aromatic carbocycles. The van der Waals surface area contributed by atoms with Gasteiger partial charge in [-0.25, -0.2) is 9.97 Å². The number of hydrazine groups is 1. The minimum absolute atomic E-state index is 0.137. The Morgan fingerprint density at radius 1 is 1.40 bits per heavy atom. The summed E-state index contributed by atoms with van der Waals surface area (Å²) in [6, 6.07) is 8.24. The van der Waals surface area contributed by atoms with E-state index in [1.54, 1.807) is 11.3 Å². The number of nitrogens with zero attached hydrogens (tertiary/aromatic N) is 3. The first kappa shape index (κ1) is 13.2. The lowest BCUT2D eigenvalue weighted by Crippen LogP contribution is -2.39. The molecule has 0 fully saturated rings. The molecule has 3 N–H and O–H groups in total. The van der Waals surface area contributed by atoms with Gasteiger partial charge in [0.1, 0.15) is 0 Å². The zero-order chi connectivity index (χ0) is 13.9. The van der Waals surface area contributed by atoms with Crippen molar-refractivity contribution in [2.45, 2.75) is 25.9 Å². The number of thiazole rings is 1. The average Bonchev–Trinajstić information content (AvgIpc) is 3.05. The molecule has 5 nitrogen and oxygen atoms in total. The molecular weight excluding hydrogens is 270 g/mol. The summed E-state index contributed by atoms with van der Waals surface area (Å²) in [6.07, 6.45) is 2.68. The Balaban J connectivity index is 1.77. The standard InChI is InChI=1S/C14H17N5S/c1-10-8-20-14(17-10)6-11(18-15)7-19-9-16-12-4-2-3-5-13(12)19/h2-5,8-9,11,18H,6-7,15H2,1H3. The highest BCUT2D eigenvalue weighted by Crippen LogP contribution is 2.15. The summed E-state index contributed by atoms with van der Waals surface area (Å²) in [5.41, 5.74) is 6.08. The second-order valence-electron chi connectivity index (χ2n) is 4.84. The second kappa shape index (κ2) is 5.70. The van der Waals surface area contributed by atoms with Crippen molar-refractivity contribution in [1.29, 1.82) is 0 Å².